The Hall–Kier alpha value is -0.910. The van der Waals surface area contributed by atoms with Crippen LogP contribution in [0.15, 0.2) is 12.3 Å². The van der Waals surface area contributed by atoms with Gasteiger partial charge in [-0.3, -0.25) is 14.9 Å². The largest absolute Gasteiger partial charge is 0.364 e. The third-order valence-electron chi connectivity index (χ3n) is 3.54. The molecule has 1 atom stereocenters. The van der Waals surface area contributed by atoms with Crippen molar-refractivity contribution in [3.63, 3.8) is 0 Å². The van der Waals surface area contributed by atoms with Gasteiger partial charge < -0.3 is 4.74 Å². The predicted octanol–water partition coefficient (Wildman–Crippen LogP) is 0.0347. The molecule has 1 spiro atoms. The van der Waals surface area contributed by atoms with Crippen LogP contribution in [0.5, 0.6) is 0 Å². The molecule has 16 heavy (non-hydrogen) atoms. The molecule has 1 N–H and O–H groups in total. The molecule has 1 saturated heterocycles. The zero-order chi connectivity index (χ0) is 11.0. The molecule has 0 radical (unpaired) electrons. The molecule has 0 aromatic carbocycles. The third-order valence-corrected chi connectivity index (χ3v) is 3.54. The number of ether oxygens (including phenoxy) is 1. The van der Waals surface area contributed by atoms with E-state index in [-0.39, 0.29) is 5.54 Å². The second kappa shape index (κ2) is 3.84. The summed E-state index contributed by atoms with van der Waals surface area (Å²) in [5.41, 5.74) is 1.35. The van der Waals surface area contributed by atoms with Crippen molar-refractivity contribution >= 4 is 0 Å². The molecule has 0 amide bonds. The quantitative estimate of drug-likeness (QED) is 0.728. The maximum Gasteiger partial charge on any atom is 0.0972 e. The van der Waals surface area contributed by atoms with E-state index in [4.69, 9.17) is 4.74 Å². The number of aromatic nitrogens is 2. The zero-order valence-corrected chi connectivity index (χ0v) is 9.65. The second-order valence-electron chi connectivity index (χ2n) is 4.73. The first kappa shape index (κ1) is 10.3. The van der Waals surface area contributed by atoms with Gasteiger partial charge in [0.25, 0.3) is 0 Å². The molecule has 5 nitrogen and oxygen atoms in total. The summed E-state index contributed by atoms with van der Waals surface area (Å²) in [4.78, 5) is 2.45. The van der Waals surface area contributed by atoms with E-state index in [9.17, 15) is 0 Å². The maximum atomic E-state index is 5.50. The Morgan fingerprint density at radius 3 is 3.25 bits per heavy atom. The normalized spacial score (nSPS) is 30.6. The fraction of sp³-hybridized carbons (Fsp3) is 0.727. The average Bonchev–Trinajstić information content (AvgIpc) is 2.86. The minimum absolute atomic E-state index is 0.0489. The predicted molar refractivity (Wildman–Crippen MR) is 59.9 cm³/mol. The summed E-state index contributed by atoms with van der Waals surface area (Å²) in [6.45, 7) is 7.64. The number of rotatable bonds is 1. The van der Waals surface area contributed by atoms with E-state index in [0.717, 1.165) is 32.8 Å². The smallest absolute Gasteiger partial charge is 0.0972 e. The molecule has 88 valence electrons. The summed E-state index contributed by atoms with van der Waals surface area (Å²) >= 11 is 0. The van der Waals surface area contributed by atoms with Crippen LogP contribution in [0.1, 0.15) is 12.6 Å². The Labute approximate surface area is 95.4 Å². The van der Waals surface area contributed by atoms with Crippen LogP contribution in [0, 0.1) is 0 Å². The fourth-order valence-corrected chi connectivity index (χ4v) is 2.61. The Morgan fingerprint density at radius 2 is 2.50 bits per heavy atom. The lowest BCUT2D eigenvalue weighted by Crippen LogP contribution is -2.53. The van der Waals surface area contributed by atoms with Crippen molar-refractivity contribution in [2.75, 3.05) is 26.4 Å². The van der Waals surface area contributed by atoms with Crippen LogP contribution in [0.25, 0.3) is 0 Å². The number of hydrogen-bond acceptors (Lipinski definition) is 4. The number of likely N-dealkylation sites (N-methyl/N-ethyl adjacent to an activating group) is 1. The molecule has 2 aliphatic rings. The lowest BCUT2D eigenvalue weighted by molar-refractivity contribution is 0.148. The van der Waals surface area contributed by atoms with E-state index in [1.165, 1.54) is 5.69 Å². The van der Waals surface area contributed by atoms with Crippen molar-refractivity contribution in [2.45, 2.75) is 25.6 Å². The van der Waals surface area contributed by atoms with Gasteiger partial charge in [0.1, 0.15) is 0 Å². The minimum atomic E-state index is 0.0489. The molecule has 0 saturated carbocycles. The number of nitrogens with zero attached hydrogens (tertiary/aromatic N) is 3. The van der Waals surface area contributed by atoms with Gasteiger partial charge in [-0.25, -0.2) is 0 Å². The topological polar surface area (TPSA) is 42.3 Å². The van der Waals surface area contributed by atoms with Crippen molar-refractivity contribution in [3.05, 3.63) is 18.0 Å². The van der Waals surface area contributed by atoms with Gasteiger partial charge in [0, 0.05) is 19.3 Å². The van der Waals surface area contributed by atoms with E-state index in [1.807, 2.05) is 6.20 Å². The highest BCUT2D eigenvalue weighted by Crippen LogP contribution is 2.22. The minimum Gasteiger partial charge on any atom is -0.364 e. The van der Waals surface area contributed by atoms with Gasteiger partial charge in [-0.15, -0.1) is 0 Å². The van der Waals surface area contributed by atoms with Gasteiger partial charge in [0.05, 0.1) is 31.1 Å². The van der Waals surface area contributed by atoms with Crippen LogP contribution in [0.3, 0.4) is 0 Å². The summed E-state index contributed by atoms with van der Waals surface area (Å²) in [6.07, 6.45) is 1.89. The maximum absolute atomic E-state index is 5.50. The van der Waals surface area contributed by atoms with Crippen molar-refractivity contribution in [2.24, 2.45) is 0 Å². The standard InChI is InChI=1S/C11H18N4O/c1-2-14-5-10-3-4-13-15(10)7-11(6-14)8-16-9-12-11/h3-4,12H,2,5-9H2,1H3. The SMILES string of the molecule is CCN1Cc2ccnn2CC2(COCN2)C1. The zero-order valence-electron chi connectivity index (χ0n) is 9.65. The molecule has 2 aliphatic heterocycles. The molecular weight excluding hydrogens is 204 g/mol. The number of hydrogen-bond donors (Lipinski definition) is 1. The van der Waals surface area contributed by atoms with Crippen LogP contribution >= 0.6 is 0 Å². The first-order chi connectivity index (χ1) is 7.81. The van der Waals surface area contributed by atoms with Gasteiger partial charge in [-0.1, -0.05) is 6.92 Å². The van der Waals surface area contributed by atoms with E-state index in [2.05, 4.69) is 33.0 Å². The highest BCUT2D eigenvalue weighted by atomic mass is 16.5. The van der Waals surface area contributed by atoms with E-state index in [1.54, 1.807) is 0 Å². The van der Waals surface area contributed by atoms with Gasteiger partial charge in [0.15, 0.2) is 0 Å². The van der Waals surface area contributed by atoms with Crippen molar-refractivity contribution in [1.29, 1.82) is 0 Å². The summed E-state index contributed by atoms with van der Waals surface area (Å²) in [6, 6.07) is 2.11. The summed E-state index contributed by atoms with van der Waals surface area (Å²) in [5, 5.41) is 7.88. The summed E-state index contributed by atoms with van der Waals surface area (Å²) < 4.78 is 7.61. The van der Waals surface area contributed by atoms with Gasteiger partial charge in [0.2, 0.25) is 0 Å². The van der Waals surface area contributed by atoms with E-state index >= 15 is 0 Å². The molecule has 0 bridgehead atoms. The lowest BCUT2D eigenvalue weighted by atomic mass is 10.0. The van der Waals surface area contributed by atoms with Gasteiger partial charge in [-0.05, 0) is 12.6 Å². The van der Waals surface area contributed by atoms with Crippen LogP contribution in [-0.2, 0) is 17.8 Å². The molecular formula is C11H18N4O. The molecule has 3 rings (SSSR count). The Balaban J connectivity index is 1.93. The van der Waals surface area contributed by atoms with E-state index < -0.39 is 0 Å². The summed E-state index contributed by atoms with van der Waals surface area (Å²) in [7, 11) is 0. The van der Waals surface area contributed by atoms with Crippen LogP contribution in [-0.4, -0.2) is 46.6 Å². The first-order valence-corrected chi connectivity index (χ1v) is 5.87. The third kappa shape index (κ3) is 1.65. The first-order valence-electron chi connectivity index (χ1n) is 5.87. The van der Waals surface area contributed by atoms with Crippen molar-refractivity contribution in [1.82, 2.24) is 20.0 Å². The van der Waals surface area contributed by atoms with Crippen LogP contribution in [0.2, 0.25) is 0 Å². The fourth-order valence-electron chi connectivity index (χ4n) is 2.61. The Bertz CT molecular complexity index is 370. The highest BCUT2D eigenvalue weighted by Gasteiger charge is 2.39. The van der Waals surface area contributed by atoms with Crippen LogP contribution < -0.4 is 5.32 Å². The summed E-state index contributed by atoms with van der Waals surface area (Å²) in [5.74, 6) is 0. The molecule has 1 aromatic heterocycles. The van der Waals surface area contributed by atoms with Crippen molar-refractivity contribution < 1.29 is 4.74 Å². The molecule has 1 aromatic rings. The Kier molecular flexibility index (Phi) is 2.46. The molecule has 3 heterocycles. The molecule has 5 heteroatoms. The number of nitrogens with one attached hydrogen (secondary N) is 1. The number of fused-ring (bicyclic) bond motifs is 1. The van der Waals surface area contributed by atoms with Gasteiger partial charge >= 0.3 is 0 Å². The lowest BCUT2D eigenvalue weighted by Gasteiger charge is -2.30. The van der Waals surface area contributed by atoms with Crippen molar-refractivity contribution in [3.8, 4) is 0 Å². The molecule has 0 aliphatic carbocycles. The van der Waals surface area contributed by atoms with E-state index in [0.29, 0.717) is 6.73 Å². The molecule has 1 unspecified atom stereocenters. The van der Waals surface area contributed by atoms with Crippen LogP contribution in [0.4, 0.5) is 0 Å². The highest BCUT2D eigenvalue weighted by molar-refractivity contribution is 5.07. The second-order valence-corrected chi connectivity index (χ2v) is 4.73. The Morgan fingerprint density at radius 1 is 1.56 bits per heavy atom. The monoisotopic (exact) mass is 222 g/mol. The molecule has 1 fully saturated rings. The average molecular weight is 222 g/mol. The van der Waals surface area contributed by atoms with Gasteiger partial charge in [-0.2, -0.15) is 5.10 Å².